The van der Waals surface area contributed by atoms with Crippen molar-refractivity contribution in [3.63, 3.8) is 0 Å². The molecule has 0 saturated carbocycles. The van der Waals surface area contributed by atoms with E-state index in [1.165, 1.54) is 11.8 Å². The van der Waals surface area contributed by atoms with Crippen LogP contribution in [0.15, 0.2) is 48.5 Å². The quantitative estimate of drug-likeness (QED) is 0.791. The monoisotopic (exact) mass is 329 g/mol. The van der Waals surface area contributed by atoms with Crippen molar-refractivity contribution in [1.29, 1.82) is 0 Å². The number of amides is 2. The first-order valence-electron chi connectivity index (χ1n) is 7.42. The Balaban J connectivity index is 2.54. The van der Waals surface area contributed by atoms with Crippen molar-refractivity contribution >= 4 is 29.1 Å². The van der Waals surface area contributed by atoms with Crippen LogP contribution in [-0.4, -0.2) is 11.8 Å². The Labute approximate surface area is 141 Å². The third-order valence-electron chi connectivity index (χ3n) is 3.56. The minimum atomic E-state index is -0.356. The number of carbonyl (C=O) groups excluding carboxylic acids is 2. The molecule has 0 aliphatic rings. The molecule has 0 aliphatic carbocycles. The highest BCUT2D eigenvalue weighted by Gasteiger charge is 2.27. The fraction of sp³-hybridized carbons (Fsp3) is 0.263. The maximum Gasteiger partial charge on any atom is 0.265 e. The van der Waals surface area contributed by atoms with Crippen molar-refractivity contribution in [2.75, 3.05) is 4.90 Å². The molecule has 0 aromatic heterocycles. The lowest BCUT2D eigenvalue weighted by atomic mass is 9.85. The Morgan fingerprint density at radius 2 is 1.52 bits per heavy atom. The standard InChI is InChI=1S/C19H20ClNO2/c1-13(22)21(18(23)14-9-11-15(20)12-10-14)17-8-6-5-7-16(17)19(2,3)4/h5-12H,1-4H3. The first-order valence-corrected chi connectivity index (χ1v) is 7.79. The van der Waals surface area contributed by atoms with E-state index in [1.807, 2.05) is 18.2 Å². The summed E-state index contributed by atoms with van der Waals surface area (Å²) in [4.78, 5) is 26.2. The molecule has 2 aromatic rings. The molecule has 0 bridgehead atoms. The highest BCUT2D eigenvalue weighted by molar-refractivity contribution is 6.30. The van der Waals surface area contributed by atoms with Crippen LogP contribution in [0.1, 0.15) is 43.6 Å². The first-order chi connectivity index (χ1) is 10.7. The van der Waals surface area contributed by atoms with Crippen LogP contribution >= 0.6 is 11.6 Å². The Hall–Kier alpha value is -2.13. The molecule has 0 atom stereocenters. The summed E-state index contributed by atoms with van der Waals surface area (Å²) in [5.74, 6) is -0.674. The van der Waals surface area contributed by atoms with E-state index in [0.717, 1.165) is 5.56 Å². The van der Waals surface area contributed by atoms with Crippen molar-refractivity contribution in [2.45, 2.75) is 33.1 Å². The molecular weight excluding hydrogens is 310 g/mol. The van der Waals surface area contributed by atoms with Gasteiger partial charge in [0.1, 0.15) is 0 Å². The molecule has 0 N–H and O–H groups in total. The second-order valence-corrected chi connectivity index (χ2v) is 6.87. The summed E-state index contributed by atoms with van der Waals surface area (Å²) in [6.07, 6.45) is 0. The van der Waals surface area contributed by atoms with E-state index in [2.05, 4.69) is 20.8 Å². The van der Waals surface area contributed by atoms with Crippen molar-refractivity contribution in [1.82, 2.24) is 0 Å². The number of anilines is 1. The van der Waals surface area contributed by atoms with Gasteiger partial charge in [-0.2, -0.15) is 0 Å². The Morgan fingerprint density at radius 3 is 2.04 bits per heavy atom. The minimum Gasteiger partial charge on any atom is -0.274 e. The van der Waals surface area contributed by atoms with Crippen molar-refractivity contribution in [2.24, 2.45) is 0 Å². The molecule has 0 aliphatic heterocycles. The summed E-state index contributed by atoms with van der Waals surface area (Å²) in [7, 11) is 0. The smallest absolute Gasteiger partial charge is 0.265 e. The fourth-order valence-electron chi connectivity index (χ4n) is 2.45. The van der Waals surface area contributed by atoms with E-state index in [4.69, 9.17) is 11.6 Å². The number of nitrogens with zero attached hydrogens (tertiary/aromatic N) is 1. The topological polar surface area (TPSA) is 37.4 Å². The van der Waals surface area contributed by atoms with Crippen LogP contribution in [0, 0.1) is 0 Å². The van der Waals surface area contributed by atoms with Gasteiger partial charge in [0.15, 0.2) is 0 Å². The minimum absolute atomic E-state index is 0.190. The summed E-state index contributed by atoms with van der Waals surface area (Å²) >= 11 is 5.87. The van der Waals surface area contributed by atoms with E-state index in [-0.39, 0.29) is 17.2 Å². The molecule has 0 radical (unpaired) electrons. The van der Waals surface area contributed by atoms with Gasteiger partial charge in [-0.1, -0.05) is 50.6 Å². The van der Waals surface area contributed by atoms with Crippen LogP contribution in [0.25, 0.3) is 0 Å². The van der Waals surface area contributed by atoms with Crippen molar-refractivity contribution < 1.29 is 9.59 Å². The number of imide groups is 1. The number of para-hydroxylation sites is 1. The van der Waals surface area contributed by atoms with Gasteiger partial charge in [0.2, 0.25) is 5.91 Å². The van der Waals surface area contributed by atoms with Gasteiger partial charge in [-0.25, -0.2) is 4.90 Å². The average molecular weight is 330 g/mol. The van der Waals surface area contributed by atoms with Gasteiger partial charge < -0.3 is 0 Å². The maximum atomic E-state index is 12.8. The number of benzene rings is 2. The number of hydrogen-bond donors (Lipinski definition) is 0. The van der Waals surface area contributed by atoms with Crippen molar-refractivity contribution in [3.8, 4) is 0 Å². The molecular formula is C19H20ClNO2. The predicted molar refractivity (Wildman–Crippen MR) is 94.1 cm³/mol. The highest BCUT2D eigenvalue weighted by atomic mass is 35.5. The van der Waals surface area contributed by atoms with Crippen molar-refractivity contribution in [3.05, 3.63) is 64.7 Å². The van der Waals surface area contributed by atoms with Crippen LogP contribution in [-0.2, 0) is 10.2 Å². The molecule has 0 spiro atoms. The normalized spacial score (nSPS) is 11.2. The van der Waals surface area contributed by atoms with Gasteiger partial charge in [0.05, 0.1) is 5.69 Å². The lowest BCUT2D eigenvalue weighted by molar-refractivity contribution is -0.115. The van der Waals surface area contributed by atoms with Gasteiger partial charge in [-0.3, -0.25) is 9.59 Å². The zero-order valence-corrected chi connectivity index (χ0v) is 14.5. The van der Waals surface area contributed by atoms with Crippen LogP contribution in [0.4, 0.5) is 5.69 Å². The van der Waals surface area contributed by atoms with Crippen LogP contribution in [0.2, 0.25) is 5.02 Å². The molecule has 0 heterocycles. The Bertz CT molecular complexity index is 730. The number of halogens is 1. The van der Waals surface area contributed by atoms with Gasteiger partial charge in [0, 0.05) is 17.5 Å². The summed E-state index contributed by atoms with van der Waals surface area (Å²) in [6.45, 7) is 7.55. The van der Waals surface area contributed by atoms with E-state index < -0.39 is 0 Å². The summed E-state index contributed by atoms with van der Waals surface area (Å²) in [5.41, 5.74) is 1.79. The maximum absolute atomic E-state index is 12.8. The zero-order chi connectivity index (χ0) is 17.2. The third kappa shape index (κ3) is 3.80. The van der Waals surface area contributed by atoms with E-state index >= 15 is 0 Å². The largest absolute Gasteiger partial charge is 0.274 e. The SMILES string of the molecule is CC(=O)N(C(=O)c1ccc(Cl)cc1)c1ccccc1C(C)(C)C. The van der Waals surface area contributed by atoms with Crippen LogP contribution < -0.4 is 4.90 Å². The molecule has 120 valence electrons. The molecule has 3 nitrogen and oxygen atoms in total. The highest BCUT2D eigenvalue weighted by Crippen LogP contribution is 2.32. The van der Waals surface area contributed by atoms with E-state index in [0.29, 0.717) is 16.3 Å². The third-order valence-corrected chi connectivity index (χ3v) is 3.81. The number of carbonyl (C=O) groups is 2. The first kappa shape index (κ1) is 17.2. The van der Waals surface area contributed by atoms with E-state index in [9.17, 15) is 9.59 Å². The Kier molecular flexibility index (Phi) is 4.90. The number of rotatable bonds is 2. The van der Waals surface area contributed by atoms with Gasteiger partial charge in [-0.05, 0) is 41.3 Å². The second kappa shape index (κ2) is 6.55. The fourth-order valence-corrected chi connectivity index (χ4v) is 2.57. The summed E-state index contributed by atoms with van der Waals surface area (Å²) in [5, 5.41) is 0.547. The summed E-state index contributed by atoms with van der Waals surface area (Å²) < 4.78 is 0. The predicted octanol–water partition coefficient (Wildman–Crippen LogP) is 4.83. The van der Waals surface area contributed by atoms with E-state index in [1.54, 1.807) is 30.3 Å². The lowest BCUT2D eigenvalue weighted by Gasteiger charge is -2.28. The lowest BCUT2D eigenvalue weighted by Crippen LogP contribution is -2.37. The molecule has 4 heteroatoms. The van der Waals surface area contributed by atoms with Crippen LogP contribution in [0.3, 0.4) is 0 Å². The molecule has 0 saturated heterocycles. The molecule has 0 fully saturated rings. The summed E-state index contributed by atoms with van der Waals surface area (Å²) in [6, 6.07) is 14.0. The van der Waals surface area contributed by atoms with Gasteiger partial charge in [0.25, 0.3) is 5.91 Å². The molecule has 23 heavy (non-hydrogen) atoms. The van der Waals surface area contributed by atoms with Crippen LogP contribution in [0.5, 0.6) is 0 Å². The molecule has 2 rings (SSSR count). The molecule has 2 aromatic carbocycles. The molecule has 2 amide bonds. The average Bonchev–Trinajstić information content (AvgIpc) is 2.47. The number of hydrogen-bond acceptors (Lipinski definition) is 2. The Morgan fingerprint density at radius 1 is 0.957 bits per heavy atom. The second-order valence-electron chi connectivity index (χ2n) is 6.43. The van der Waals surface area contributed by atoms with Gasteiger partial charge in [-0.15, -0.1) is 0 Å². The van der Waals surface area contributed by atoms with Gasteiger partial charge >= 0.3 is 0 Å². The zero-order valence-electron chi connectivity index (χ0n) is 13.8. The molecule has 0 unspecified atom stereocenters.